The molecule has 0 saturated carbocycles. The van der Waals surface area contributed by atoms with Crippen LogP contribution in [0.2, 0.25) is 0 Å². The van der Waals surface area contributed by atoms with Crippen LogP contribution >= 0.6 is 0 Å². The minimum Gasteiger partial charge on any atom is -0.379 e. The fourth-order valence-electron chi connectivity index (χ4n) is 2.81. The summed E-state index contributed by atoms with van der Waals surface area (Å²) in [5, 5.41) is 3.21. The average Bonchev–Trinajstić information content (AvgIpc) is 2.88. The van der Waals surface area contributed by atoms with Gasteiger partial charge in [0.15, 0.2) is 5.96 Å². The van der Waals surface area contributed by atoms with Crippen molar-refractivity contribution in [1.29, 1.82) is 0 Å². The van der Waals surface area contributed by atoms with Crippen molar-refractivity contribution in [3.63, 3.8) is 0 Å². The third kappa shape index (κ3) is 5.26. The Labute approximate surface area is 122 Å². The molecule has 6 nitrogen and oxygen atoms in total. The van der Waals surface area contributed by atoms with Gasteiger partial charge >= 0.3 is 0 Å². The quantitative estimate of drug-likeness (QED) is 0.398. The molecule has 116 valence electrons. The molecule has 2 rings (SSSR count). The summed E-state index contributed by atoms with van der Waals surface area (Å²) in [6.45, 7) is 7.85. The lowest BCUT2D eigenvalue weighted by molar-refractivity contribution is 0.0376. The summed E-state index contributed by atoms with van der Waals surface area (Å²) in [5.41, 5.74) is 5.90. The minimum absolute atomic E-state index is 0.573. The Balaban J connectivity index is 1.53. The molecule has 0 amide bonds. The van der Waals surface area contributed by atoms with Crippen LogP contribution in [0.5, 0.6) is 0 Å². The zero-order valence-electron chi connectivity index (χ0n) is 12.7. The number of aliphatic imine (C=N–C) groups is 1. The third-order valence-corrected chi connectivity index (χ3v) is 4.20. The average molecular weight is 283 g/mol. The molecule has 0 aromatic carbocycles. The predicted octanol–water partition coefficient (Wildman–Crippen LogP) is -0.293. The number of morpholine rings is 1. The van der Waals surface area contributed by atoms with Gasteiger partial charge in [-0.2, -0.15) is 0 Å². The summed E-state index contributed by atoms with van der Waals surface area (Å²) in [6, 6.07) is 0.573. The van der Waals surface area contributed by atoms with Gasteiger partial charge in [0.1, 0.15) is 0 Å². The van der Waals surface area contributed by atoms with Crippen molar-refractivity contribution >= 4 is 5.96 Å². The van der Waals surface area contributed by atoms with Crippen LogP contribution < -0.4 is 11.1 Å². The van der Waals surface area contributed by atoms with Crippen LogP contribution in [-0.2, 0) is 4.74 Å². The van der Waals surface area contributed by atoms with E-state index in [-0.39, 0.29) is 0 Å². The molecule has 6 heteroatoms. The summed E-state index contributed by atoms with van der Waals surface area (Å²) in [6.07, 6.45) is 3.62. The normalized spacial score (nSPS) is 26.1. The van der Waals surface area contributed by atoms with Gasteiger partial charge in [-0.15, -0.1) is 0 Å². The number of hydrogen-bond acceptors (Lipinski definition) is 4. The molecule has 1 unspecified atom stereocenters. The van der Waals surface area contributed by atoms with Gasteiger partial charge in [0.25, 0.3) is 0 Å². The molecular formula is C14H29N5O. The lowest BCUT2D eigenvalue weighted by Gasteiger charge is -2.26. The number of nitrogens with two attached hydrogens (primary N) is 1. The van der Waals surface area contributed by atoms with Crippen LogP contribution in [0.15, 0.2) is 4.99 Å². The second-order valence-electron chi connectivity index (χ2n) is 5.74. The molecule has 0 spiro atoms. The smallest absolute Gasteiger partial charge is 0.188 e. The topological polar surface area (TPSA) is 66.1 Å². The molecule has 0 bridgehead atoms. The largest absolute Gasteiger partial charge is 0.379 e. The molecule has 3 N–H and O–H groups in total. The van der Waals surface area contributed by atoms with Crippen LogP contribution in [0, 0.1) is 0 Å². The number of nitrogens with zero attached hydrogens (tertiary/aromatic N) is 3. The Kier molecular flexibility index (Phi) is 6.56. The maximum absolute atomic E-state index is 5.90. The third-order valence-electron chi connectivity index (χ3n) is 4.20. The van der Waals surface area contributed by atoms with Crippen molar-refractivity contribution in [2.24, 2.45) is 10.7 Å². The van der Waals surface area contributed by atoms with Crippen LogP contribution in [0.3, 0.4) is 0 Å². The van der Waals surface area contributed by atoms with Gasteiger partial charge < -0.3 is 20.7 Å². The molecule has 2 aliphatic rings. The van der Waals surface area contributed by atoms with Crippen molar-refractivity contribution in [1.82, 2.24) is 15.1 Å². The lowest BCUT2D eigenvalue weighted by atomic mass is 10.2. The number of likely N-dealkylation sites (N-methyl/N-ethyl adjacent to an activating group) is 1. The van der Waals surface area contributed by atoms with E-state index in [1.165, 1.54) is 19.4 Å². The highest BCUT2D eigenvalue weighted by Gasteiger charge is 2.19. The molecular weight excluding hydrogens is 254 g/mol. The van der Waals surface area contributed by atoms with E-state index < -0.39 is 0 Å². The fraction of sp³-hybridized carbons (Fsp3) is 0.929. The molecule has 2 saturated heterocycles. The van der Waals surface area contributed by atoms with Gasteiger partial charge in [-0.1, -0.05) is 0 Å². The van der Waals surface area contributed by atoms with Crippen LogP contribution in [0.1, 0.15) is 19.3 Å². The van der Waals surface area contributed by atoms with Crippen molar-refractivity contribution in [2.75, 3.05) is 59.5 Å². The molecule has 0 aromatic heterocycles. The van der Waals surface area contributed by atoms with Gasteiger partial charge in [-0.25, -0.2) is 0 Å². The summed E-state index contributed by atoms with van der Waals surface area (Å²) in [4.78, 5) is 9.26. The van der Waals surface area contributed by atoms with Crippen LogP contribution in [0.4, 0.5) is 0 Å². The number of hydrogen-bond donors (Lipinski definition) is 2. The molecule has 2 aliphatic heterocycles. The Hall–Kier alpha value is -0.850. The summed E-state index contributed by atoms with van der Waals surface area (Å²) < 4.78 is 5.33. The summed E-state index contributed by atoms with van der Waals surface area (Å²) in [5.74, 6) is 0.590. The highest BCUT2D eigenvalue weighted by molar-refractivity contribution is 5.77. The molecule has 20 heavy (non-hydrogen) atoms. The summed E-state index contributed by atoms with van der Waals surface area (Å²) >= 11 is 0. The predicted molar refractivity (Wildman–Crippen MR) is 82.0 cm³/mol. The first kappa shape index (κ1) is 15.5. The number of likely N-dealkylation sites (tertiary alicyclic amines) is 1. The molecule has 0 aliphatic carbocycles. The number of nitrogens with one attached hydrogen (secondary N) is 1. The maximum atomic E-state index is 5.90. The Morgan fingerprint density at radius 2 is 2.15 bits per heavy atom. The molecule has 2 heterocycles. The Morgan fingerprint density at radius 1 is 1.35 bits per heavy atom. The second-order valence-corrected chi connectivity index (χ2v) is 5.74. The van der Waals surface area contributed by atoms with Crippen molar-refractivity contribution in [2.45, 2.75) is 25.3 Å². The van der Waals surface area contributed by atoms with E-state index in [1.54, 1.807) is 0 Å². The van der Waals surface area contributed by atoms with Gasteiger partial charge in [0, 0.05) is 25.7 Å². The first-order valence-electron chi connectivity index (χ1n) is 7.80. The zero-order chi connectivity index (χ0) is 14.2. The summed E-state index contributed by atoms with van der Waals surface area (Å²) in [7, 11) is 2.17. The van der Waals surface area contributed by atoms with E-state index in [0.29, 0.717) is 12.0 Å². The standard InChI is InChI=1S/C14H29N5O/c1-18-6-2-4-13(18)12-17-14(15)16-5-3-7-19-8-10-20-11-9-19/h13H,2-12H2,1H3,(H3,15,16,17). The zero-order valence-corrected chi connectivity index (χ0v) is 12.7. The Morgan fingerprint density at radius 3 is 2.85 bits per heavy atom. The van der Waals surface area contributed by atoms with Gasteiger partial charge in [0.05, 0.1) is 19.8 Å². The van der Waals surface area contributed by atoms with Crippen molar-refractivity contribution < 1.29 is 4.74 Å². The maximum Gasteiger partial charge on any atom is 0.188 e. The fourth-order valence-corrected chi connectivity index (χ4v) is 2.81. The number of guanidine groups is 1. The van der Waals surface area contributed by atoms with Crippen LogP contribution in [0.25, 0.3) is 0 Å². The minimum atomic E-state index is 0.573. The first-order chi connectivity index (χ1) is 9.75. The van der Waals surface area contributed by atoms with E-state index in [9.17, 15) is 0 Å². The molecule has 0 radical (unpaired) electrons. The number of rotatable bonds is 6. The van der Waals surface area contributed by atoms with Gasteiger partial charge in [0.2, 0.25) is 0 Å². The molecule has 0 aromatic rings. The van der Waals surface area contributed by atoms with E-state index in [2.05, 4.69) is 27.2 Å². The second kappa shape index (κ2) is 8.44. The SMILES string of the molecule is CN1CCCC1CN=C(N)NCCCN1CCOCC1. The first-order valence-corrected chi connectivity index (χ1v) is 7.80. The molecule has 1 atom stereocenters. The molecule has 2 fully saturated rings. The van der Waals surface area contributed by atoms with E-state index in [0.717, 1.165) is 52.4 Å². The highest BCUT2D eigenvalue weighted by atomic mass is 16.5. The van der Waals surface area contributed by atoms with E-state index in [4.69, 9.17) is 10.5 Å². The Bertz CT molecular complexity index is 304. The highest BCUT2D eigenvalue weighted by Crippen LogP contribution is 2.14. The van der Waals surface area contributed by atoms with Crippen LogP contribution in [-0.4, -0.2) is 81.3 Å². The lowest BCUT2D eigenvalue weighted by Crippen LogP contribution is -2.39. The van der Waals surface area contributed by atoms with Crippen molar-refractivity contribution in [3.05, 3.63) is 0 Å². The van der Waals surface area contributed by atoms with Gasteiger partial charge in [-0.3, -0.25) is 9.89 Å². The van der Waals surface area contributed by atoms with E-state index >= 15 is 0 Å². The van der Waals surface area contributed by atoms with E-state index in [1.807, 2.05) is 0 Å². The van der Waals surface area contributed by atoms with Gasteiger partial charge in [-0.05, 0) is 39.4 Å². The number of ether oxygens (including phenoxy) is 1. The van der Waals surface area contributed by atoms with Crippen molar-refractivity contribution in [3.8, 4) is 0 Å². The monoisotopic (exact) mass is 283 g/mol.